The van der Waals surface area contributed by atoms with Gasteiger partial charge in [0.2, 0.25) is 0 Å². The Balaban J connectivity index is 3.21. The predicted octanol–water partition coefficient (Wildman–Crippen LogP) is 0.501. The van der Waals surface area contributed by atoms with Crippen molar-refractivity contribution in [3.8, 4) is 0 Å². The first-order valence-corrected chi connectivity index (χ1v) is 4.04. The summed E-state index contributed by atoms with van der Waals surface area (Å²) in [6, 6.07) is 3.96. The minimum absolute atomic E-state index is 0.156. The van der Waals surface area contributed by atoms with Gasteiger partial charge in [-0.25, -0.2) is 0 Å². The second-order valence-corrected chi connectivity index (χ2v) is 2.86. The fourth-order valence-corrected chi connectivity index (χ4v) is 1.08. The fourth-order valence-electron chi connectivity index (χ4n) is 0.473. The molecule has 0 saturated heterocycles. The minimum atomic E-state index is -1.34. The van der Waals surface area contributed by atoms with Crippen LogP contribution in [0.4, 0.5) is 4.39 Å². The first kappa shape index (κ1) is 5.31. The van der Waals surface area contributed by atoms with E-state index in [2.05, 4.69) is 0 Å². The van der Waals surface area contributed by atoms with E-state index >= 15 is 0 Å². The van der Waals surface area contributed by atoms with Crippen LogP contribution in [0.15, 0.2) is 24.2 Å². The van der Waals surface area contributed by atoms with E-state index in [1.54, 1.807) is 0 Å². The van der Waals surface area contributed by atoms with Crippen LogP contribution < -0.4 is 4.35 Å². The first-order chi connectivity index (χ1) is 4.74. The van der Waals surface area contributed by atoms with Gasteiger partial charge >= 0.3 is 59.6 Å². The number of hydrogen-bond acceptors (Lipinski definition) is 1. The van der Waals surface area contributed by atoms with Gasteiger partial charge in [-0.15, -0.1) is 0 Å². The quantitative estimate of drug-likeness (QED) is 0.585. The molecule has 0 aliphatic rings. The maximum atomic E-state index is 12.5. The zero-order chi connectivity index (χ0) is 7.56. The molecule has 3 heteroatoms. The SMILES string of the molecule is [2H]c1ccc(F)c([As]=O)c1. The standard InChI is InChI=1S/C6H4AsFO/c8-6-4-2-1-3-5(6)7-9/h1-4H/i1D. The van der Waals surface area contributed by atoms with Gasteiger partial charge in [-0.2, -0.15) is 0 Å². The molecule has 0 saturated carbocycles. The van der Waals surface area contributed by atoms with Crippen molar-refractivity contribution in [2.45, 2.75) is 0 Å². The molecule has 0 fully saturated rings. The molecule has 0 aliphatic carbocycles. The van der Waals surface area contributed by atoms with Crippen LogP contribution in [-0.2, 0) is 3.74 Å². The Hall–Kier alpha value is -0.492. The number of halogens is 1. The summed E-state index contributed by atoms with van der Waals surface area (Å²) in [6.45, 7) is 0. The number of benzene rings is 1. The molecule has 0 radical (unpaired) electrons. The molecule has 1 nitrogen and oxygen atoms in total. The first-order valence-electron chi connectivity index (χ1n) is 2.83. The summed E-state index contributed by atoms with van der Waals surface area (Å²) >= 11 is -1.34. The number of hydrogen-bond donors (Lipinski definition) is 0. The average Bonchev–Trinajstić information content (AvgIpc) is 1.94. The molecule has 0 aliphatic heterocycles. The van der Waals surface area contributed by atoms with Gasteiger partial charge in [-0.3, -0.25) is 0 Å². The Morgan fingerprint density at radius 2 is 2.44 bits per heavy atom. The monoisotopic (exact) mass is 187 g/mol. The summed E-state index contributed by atoms with van der Waals surface area (Å²) in [7, 11) is 0. The summed E-state index contributed by atoms with van der Waals surface area (Å²) in [5, 5.41) is 0. The molecule has 0 heterocycles. The van der Waals surface area contributed by atoms with Crippen molar-refractivity contribution in [3.63, 3.8) is 0 Å². The molecular formula is C6H4AsFO. The van der Waals surface area contributed by atoms with Crippen molar-refractivity contribution >= 4 is 20.0 Å². The van der Waals surface area contributed by atoms with Crippen LogP contribution in [-0.4, -0.2) is 15.7 Å². The predicted molar refractivity (Wildman–Crippen MR) is 32.5 cm³/mol. The molecule has 1 rings (SSSR count). The Kier molecular flexibility index (Phi) is 1.70. The van der Waals surface area contributed by atoms with Gasteiger partial charge in [0.25, 0.3) is 0 Å². The molecular weight excluding hydrogens is 182 g/mol. The Labute approximate surface area is 60.2 Å². The van der Waals surface area contributed by atoms with Crippen molar-refractivity contribution in [1.82, 2.24) is 0 Å². The average molecular weight is 187 g/mol. The van der Waals surface area contributed by atoms with Crippen LogP contribution in [0.1, 0.15) is 1.37 Å². The van der Waals surface area contributed by atoms with Crippen LogP contribution in [0, 0.1) is 5.82 Å². The van der Waals surface area contributed by atoms with E-state index in [4.69, 9.17) is 1.37 Å². The molecule has 0 bridgehead atoms. The van der Waals surface area contributed by atoms with Crippen molar-refractivity contribution in [3.05, 3.63) is 30.1 Å². The van der Waals surface area contributed by atoms with Crippen LogP contribution >= 0.6 is 0 Å². The summed E-state index contributed by atoms with van der Waals surface area (Å²) in [6.07, 6.45) is 0. The molecule has 0 unspecified atom stereocenters. The van der Waals surface area contributed by atoms with Crippen LogP contribution in [0.3, 0.4) is 0 Å². The maximum absolute atomic E-state index is 12.5. The Morgan fingerprint density at radius 3 is 3.00 bits per heavy atom. The number of rotatable bonds is 1. The molecule has 9 heavy (non-hydrogen) atoms. The zero-order valence-corrected chi connectivity index (χ0v) is 6.34. The molecule has 0 N–H and O–H groups in total. The van der Waals surface area contributed by atoms with E-state index < -0.39 is 21.5 Å². The van der Waals surface area contributed by atoms with Crippen LogP contribution in [0.2, 0.25) is 0 Å². The normalized spacial score (nSPS) is 11.4. The van der Waals surface area contributed by atoms with Crippen molar-refractivity contribution in [2.24, 2.45) is 0 Å². The second-order valence-electron chi connectivity index (χ2n) is 1.47. The summed E-state index contributed by atoms with van der Waals surface area (Å²) in [5.74, 6) is -0.481. The molecule has 1 aromatic carbocycles. The van der Waals surface area contributed by atoms with E-state index in [9.17, 15) is 8.13 Å². The van der Waals surface area contributed by atoms with Gasteiger partial charge in [-0.1, -0.05) is 0 Å². The van der Waals surface area contributed by atoms with E-state index in [0.717, 1.165) is 6.07 Å². The molecule has 0 spiro atoms. The van der Waals surface area contributed by atoms with Crippen LogP contribution in [0.5, 0.6) is 0 Å². The van der Waals surface area contributed by atoms with E-state index in [-0.39, 0.29) is 10.4 Å². The van der Waals surface area contributed by atoms with E-state index in [1.165, 1.54) is 12.1 Å². The van der Waals surface area contributed by atoms with Crippen LogP contribution in [0.25, 0.3) is 0 Å². The Morgan fingerprint density at radius 1 is 1.67 bits per heavy atom. The summed E-state index contributed by atoms with van der Waals surface area (Å²) < 4.78 is 30.0. The van der Waals surface area contributed by atoms with Gasteiger partial charge in [-0.05, 0) is 0 Å². The van der Waals surface area contributed by atoms with E-state index in [1.807, 2.05) is 0 Å². The third-order valence-electron chi connectivity index (χ3n) is 0.889. The Bertz CT molecular complexity index is 264. The van der Waals surface area contributed by atoms with Gasteiger partial charge in [0.1, 0.15) is 0 Å². The fraction of sp³-hybridized carbons (Fsp3) is 0. The van der Waals surface area contributed by atoms with Gasteiger partial charge < -0.3 is 0 Å². The zero-order valence-electron chi connectivity index (χ0n) is 5.47. The third kappa shape index (κ3) is 1.46. The summed E-state index contributed by atoms with van der Waals surface area (Å²) in [4.78, 5) is 0. The van der Waals surface area contributed by atoms with Gasteiger partial charge in [0.05, 0.1) is 0 Å². The molecule has 46 valence electrons. The van der Waals surface area contributed by atoms with Gasteiger partial charge in [0, 0.05) is 0 Å². The third-order valence-corrected chi connectivity index (χ3v) is 2.02. The molecule has 0 amide bonds. The van der Waals surface area contributed by atoms with E-state index in [0.29, 0.717) is 0 Å². The van der Waals surface area contributed by atoms with Gasteiger partial charge in [0.15, 0.2) is 0 Å². The van der Waals surface area contributed by atoms with Crippen molar-refractivity contribution in [2.75, 3.05) is 0 Å². The second kappa shape index (κ2) is 2.88. The molecule has 1 aromatic rings. The molecule has 0 aromatic heterocycles. The summed E-state index contributed by atoms with van der Waals surface area (Å²) in [5.41, 5.74) is 0. The van der Waals surface area contributed by atoms with Crippen molar-refractivity contribution in [1.29, 1.82) is 0 Å². The molecule has 0 atom stereocenters. The topological polar surface area (TPSA) is 17.1 Å². The van der Waals surface area contributed by atoms with Crippen molar-refractivity contribution < 1.29 is 9.50 Å².